The first-order valence-electron chi connectivity index (χ1n) is 4.24. The van der Waals surface area contributed by atoms with Gasteiger partial charge < -0.3 is 0 Å². The number of aryl methyl sites for hydroxylation is 2. The summed E-state index contributed by atoms with van der Waals surface area (Å²) in [5.74, 6) is 0. The molecule has 0 aliphatic heterocycles. The van der Waals surface area contributed by atoms with E-state index in [1.54, 1.807) is 0 Å². The SMILES string of the molecule is Cc1cc(C)c2cccc(S)c2n1. The molecule has 2 rings (SSSR count). The molecular formula is C11H11NS. The van der Waals surface area contributed by atoms with Crippen LogP contribution in [0.2, 0.25) is 0 Å². The number of thiol groups is 1. The average Bonchev–Trinajstić information content (AvgIpc) is 2.07. The van der Waals surface area contributed by atoms with Crippen molar-refractivity contribution in [1.29, 1.82) is 0 Å². The summed E-state index contributed by atoms with van der Waals surface area (Å²) in [6.07, 6.45) is 0. The van der Waals surface area contributed by atoms with Gasteiger partial charge >= 0.3 is 0 Å². The fourth-order valence-electron chi connectivity index (χ4n) is 1.57. The van der Waals surface area contributed by atoms with Gasteiger partial charge in [0, 0.05) is 16.0 Å². The third-order valence-corrected chi connectivity index (χ3v) is 2.51. The normalized spacial score (nSPS) is 10.7. The highest BCUT2D eigenvalue weighted by Gasteiger charge is 2.01. The Balaban J connectivity index is 2.94. The fraction of sp³-hybridized carbons (Fsp3) is 0.182. The standard InChI is InChI=1S/C11H11NS/c1-7-6-8(2)12-11-9(7)4-3-5-10(11)13/h3-6,13H,1-2H3. The highest BCUT2D eigenvalue weighted by Crippen LogP contribution is 2.22. The first kappa shape index (κ1) is 8.57. The fourth-order valence-corrected chi connectivity index (χ4v) is 1.82. The van der Waals surface area contributed by atoms with Gasteiger partial charge in [-0.1, -0.05) is 12.1 Å². The zero-order valence-corrected chi connectivity index (χ0v) is 8.60. The Bertz CT molecular complexity index is 463. The quantitative estimate of drug-likeness (QED) is 0.628. The number of para-hydroxylation sites is 1. The third-order valence-electron chi connectivity index (χ3n) is 2.15. The van der Waals surface area contributed by atoms with E-state index in [9.17, 15) is 0 Å². The summed E-state index contributed by atoms with van der Waals surface area (Å²) in [5, 5.41) is 1.19. The largest absolute Gasteiger partial charge is 0.252 e. The van der Waals surface area contributed by atoms with Crippen LogP contribution < -0.4 is 0 Å². The van der Waals surface area contributed by atoms with Gasteiger partial charge in [0.1, 0.15) is 0 Å². The van der Waals surface area contributed by atoms with Crippen LogP contribution in [0.15, 0.2) is 29.2 Å². The molecule has 0 spiro atoms. The van der Waals surface area contributed by atoms with Gasteiger partial charge in [-0.3, -0.25) is 4.98 Å². The molecule has 0 unspecified atom stereocenters. The highest BCUT2D eigenvalue weighted by atomic mass is 32.1. The number of benzene rings is 1. The van der Waals surface area contributed by atoms with Crippen LogP contribution in [-0.4, -0.2) is 4.98 Å². The lowest BCUT2D eigenvalue weighted by atomic mass is 10.1. The Morgan fingerprint density at radius 1 is 1.23 bits per heavy atom. The van der Waals surface area contributed by atoms with Gasteiger partial charge in [0.2, 0.25) is 0 Å². The minimum atomic E-state index is 0.948. The highest BCUT2D eigenvalue weighted by molar-refractivity contribution is 7.80. The van der Waals surface area contributed by atoms with Gasteiger partial charge in [-0.25, -0.2) is 0 Å². The summed E-state index contributed by atoms with van der Waals surface area (Å²) >= 11 is 4.38. The summed E-state index contributed by atoms with van der Waals surface area (Å²) in [6.45, 7) is 4.11. The number of pyridine rings is 1. The van der Waals surface area contributed by atoms with Crippen LogP contribution in [0.1, 0.15) is 11.3 Å². The predicted octanol–water partition coefficient (Wildman–Crippen LogP) is 3.14. The lowest BCUT2D eigenvalue weighted by molar-refractivity contribution is 1.21. The molecule has 13 heavy (non-hydrogen) atoms. The monoisotopic (exact) mass is 189 g/mol. The van der Waals surface area contributed by atoms with Crippen LogP contribution in [0.3, 0.4) is 0 Å². The van der Waals surface area contributed by atoms with E-state index in [0.717, 1.165) is 16.1 Å². The number of fused-ring (bicyclic) bond motifs is 1. The summed E-state index contributed by atoms with van der Waals surface area (Å²) < 4.78 is 0. The first-order valence-corrected chi connectivity index (χ1v) is 4.69. The van der Waals surface area contributed by atoms with E-state index < -0.39 is 0 Å². The van der Waals surface area contributed by atoms with Gasteiger partial charge in [-0.05, 0) is 31.5 Å². The lowest BCUT2D eigenvalue weighted by Gasteiger charge is -2.04. The maximum atomic E-state index is 4.46. The molecule has 0 aliphatic carbocycles. The van der Waals surface area contributed by atoms with Crippen LogP contribution >= 0.6 is 12.6 Å². The van der Waals surface area contributed by atoms with E-state index in [4.69, 9.17) is 0 Å². The van der Waals surface area contributed by atoms with Crippen LogP contribution in [-0.2, 0) is 0 Å². The van der Waals surface area contributed by atoms with E-state index in [1.165, 1.54) is 10.9 Å². The Morgan fingerprint density at radius 3 is 2.77 bits per heavy atom. The van der Waals surface area contributed by atoms with E-state index in [1.807, 2.05) is 19.1 Å². The second-order valence-corrected chi connectivity index (χ2v) is 3.74. The topological polar surface area (TPSA) is 12.9 Å². The molecule has 1 heterocycles. The number of hydrogen-bond acceptors (Lipinski definition) is 2. The number of nitrogens with zero attached hydrogens (tertiary/aromatic N) is 1. The van der Waals surface area contributed by atoms with Gasteiger partial charge in [0.25, 0.3) is 0 Å². The van der Waals surface area contributed by atoms with Crippen molar-refractivity contribution in [3.8, 4) is 0 Å². The second kappa shape index (κ2) is 3.04. The van der Waals surface area contributed by atoms with E-state index >= 15 is 0 Å². The minimum Gasteiger partial charge on any atom is -0.252 e. The van der Waals surface area contributed by atoms with Gasteiger partial charge in [-0.2, -0.15) is 0 Å². The smallest absolute Gasteiger partial charge is 0.0840 e. The van der Waals surface area contributed by atoms with E-state index in [-0.39, 0.29) is 0 Å². The van der Waals surface area contributed by atoms with Crippen molar-refractivity contribution in [2.75, 3.05) is 0 Å². The van der Waals surface area contributed by atoms with Crippen molar-refractivity contribution >= 4 is 23.5 Å². The molecule has 2 heteroatoms. The van der Waals surface area contributed by atoms with Crippen LogP contribution in [0.25, 0.3) is 10.9 Å². The molecular weight excluding hydrogens is 178 g/mol. The summed E-state index contributed by atoms with van der Waals surface area (Å²) in [5.41, 5.74) is 3.31. The zero-order chi connectivity index (χ0) is 9.42. The first-order chi connectivity index (χ1) is 6.18. The Morgan fingerprint density at radius 2 is 2.00 bits per heavy atom. The van der Waals surface area contributed by atoms with Crippen molar-refractivity contribution in [2.24, 2.45) is 0 Å². The molecule has 0 radical (unpaired) electrons. The predicted molar refractivity (Wildman–Crippen MR) is 58.5 cm³/mol. The van der Waals surface area contributed by atoms with Crippen molar-refractivity contribution in [1.82, 2.24) is 4.98 Å². The van der Waals surface area contributed by atoms with Crippen LogP contribution in [0, 0.1) is 13.8 Å². The summed E-state index contributed by atoms with van der Waals surface area (Å²) in [4.78, 5) is 5.41. The Kier molecular flexibility index (Phi) is 2.00. The minimum absolute atomic E-state index is 0.948. The van der Waals surface area contributed by atoms with Crippen LogP contribution in [0.5, 0.6) is 0 Å². The Hall–Kier alpha value is -1.02. The van der Waals surface area contributed by atoms with Gasteiger partial charge in [0.15, 0.2) is 0 Å². The molecule has 0 bridgehead atoms. The lowest BCUT2D eigenvalue weighted by Crippen LogP contribution is -1.87. The van der Waals surface area contributed by atoms with E-state index in [2.05, 4.69) is 36.7 Å². The van der Waals surface area contributed by atoms with Gasteiger partial charge in [-0.15, -0.1) is 12.6 Å². The van der Waals surface area contributed by atoms with Crippen molar-refractivity contribution < 1.29 is 0 Å². The summed E-state index contributed by atoms with van der Waals surface area (Å²) in [7, 11) is 0. The molecule has 1 aromatic carbocycles. The second-order valence-electron chi connectivity index (χ2n) is 3.25. The van der Waals surface area contributed by atoms with Crippen LogP contribution in [0.4, 0.5) is 0 Å². The number of rotatable bonds is 0. The molecule has 2 aromatic rings. The van der Waals surface area contributed by atoms with E-state index in [0.29, 0.717) is 0 Å². The zero-order valence-electron chi connectivity index (χ0n) is 7.70. The average molecular weight is 189 g/mol. The number of aromatic nitrogens is 1. The maximum absolute atomic E-state index is 4.46. The van der Waals surface area contributed by atoms with Crippen molar-refractivity contribution in [2.45, 2.75) is 18.7 Å². The molecule has 0 N–H and O–H groups in total. The molecule has 1 aromatic heterocycles. The third kappa shape index (κ3) is 1.42. The molecule has 0 fully saturated rings. The van der Waals surface area contributed by atoms with Crippen molar-refractivity contribution in [3.63, 3.8) is 0 Å². The molecule has 0 amide bonds. The number of hydrogen-bond donors (Lipinski definition) is 1. The maximum Gasteiger partial charge on any atom is 0.0840 e. The van der Waals surface area contributed by atoms with Gasteiger partial charge in [0.05, 0.1) is 5.52 Å². The molecule has 0 saturated carbocycles. The Labute approximate surface area is 83.2 Å². The molecule has 0 saturated heterocycles. The molecule has 0 aliphatic rings. The van der Waals surface area contributed by atoms with Crippen molar-refractivity contribution in [3.05, 3.63) is 35.5 Å². The summed E-state index contributed by atoms with van der Waals surface area (Å²) in [6, 6.07) is 8.15. The molecule has 0 atom stereocenters. The molecule has 66 valence electrons. The molecule has 1 nitrogen and oxygen atoms in total.